The van der Waals surface area contributed by atoms with E-state index in [0.29, 0.717) is 0 Å². The van der Waals surface area contributed by atoms with Crippen molar-refractivity contribution < 1.29 is 9.47 Å². The number of fused-ring (bicyclic) bond motifs is 6. The molecule has 0 spiro atoms. The third-order valence-electron chi connectivity index (χ3n) is 13.1. The topological polar surface area (TPSA) is 24.9 Å². The van der Waals surface area contributed by atoms with Crippen molar-refractivity contribution in [3.8, 4) is 22.6 Å². The van der Waals surface area contributed by atoms with Gasteiger partial charge in [0.25, 0.3) is 0 Å². The van der Waals surface area contributed by atoms with Gasteiger partial charge in [-0.15, -0.1) is 0 Å². The summed E-state index contributed by atoms with van der Waals surface area (Å²) < 4.78 is 11.2. The first kappa shape index (κ1) is 39.0. The van der Waals surface area contributed by atoms with Gasteiger partial charge < -0.3 is 19.3 Å². The van der Waals surface area contributed by atoms with Crippen LogP contribution in [-0.2, 0) is 0 Å². The van der Waals surface area contributed by atoms with Crippen LogP contribution < -0.4 is 19.3 Å². The number of rotatable bonds is 9. The predicted molar refractivity (Wildman–Crippen MR) is 279 cm³/mol. The highest BCUT2D eigenvalue weighted by atomic mass is 16.5. The van der Waals surface area contributed by atoms with E-state index in [1.165, 1.54) is 54.2 Å². The predicted octanol–water partition coefficient (Wildman–Crippen LogP) is 17.2. The van der Waals surface area contributed by atoms with Crippen molar-refractivity contribution in [1.82, 2.24) is 0 Å². The summed E-state index contributed by atoms with van der Waals surface area (Å²) in [4.78, 5) is 4.88. The number of hydrogen-bond donors (Lipinski definition) is 0. The third-order valence-corrected chi connectivity index (χ3v) is 13.1. The number of anilines is 6. The van der Waals surface area contributed by atoms with E-state index in [4.69, 9.17) is 9.47 Å². The molecule has 12 aromatic rings. The van der Waals surface area contributed by atoms with Crippen molar-refractivity contribution in [3.63, 3.8) is 0 Å². The van der Waals surface area contributed by atoms with Crippen LogP contribution in [0.2, 0.25) is 0 Å². The Morgan fingerprint density at radius 2 is 0.545 bits per heavy atom. The first-order chi connectivity index (χ1) is 32.7. The minimum Gasteiger partial charge on any atom is -0.497 e. The largest absolute Gasteiger partial charge is 0.497 e. The van der Waals surface area contributed by atoms with Crippen LogP contribution in [0, 0.1) is 0 Å². The lowest BCUT2D eigenvalue weighted by Crippen LogP contribution is -2.12. The van der Waals surface area contributed by atoms with Crippen LogP contribution in [0.15, 0.2) is 231 Å². The van der Waals surface area contributed by atoms with E-state index >= 15 is 0 Å². The molecule has 12 rings (SSSR count). The van der Waals surface area contributed by atoms with Crippen molar-refractivity contribution in [2.75, 3.05) is 24.0 Å². The smallest absolute Gasteiger partial charge is 0.119 e. The molecule has 0 radical (unpaired) electrons. The van der Waals surface area contributed by atoms with Gasteiger partial charge in [-0.3, -0.25) is 0 Å². The van der Waals surface area contributed by atoms with E-state index in [0.717, 1.165) is 67.2 Å². The molecule has 0 unspecified atom stereocenters. The summed E-state index contributed by atoms with van der Waals surface area (Å²) in [5, 5.41) is 14.0. The number of benzene rings is 12. The summed E-state index contributed by atoms with van der Waals surface area (Å²) in [5.74, 6) is 1.69. The van der Waals surface area contributed by atoms with Gasteiger partial charge in [0, 0.05) is 44.3 Å². The Morgan fingerprint density at radius 3 is 0.879 bits per heavy atom. The summed E-state index contributed by atoms with van der Waals surface area (Å²) in [6.07, 6.45) is 0. The zero-order chi connectivity index (χ0) is 44.1. The second-order valence-electron chi connectivity index (χ2n) is 16.8. The van der Waals surface area contributed by atoms with Gasteiger partial charge in [0.2, 0.25) is 0 Å². The molecule has 4 nitrogen and oxygen atoms in total. The molecule has 0 N–H and O–H groups in total. The summed E-state index contributed by atoms with van der Waals surface area (Å²) in [6, 6.07) is 83.5. The van der Waals surface area contributed by atoms with Crippen LogP contribution in [0.1, 0.15) is 0 Å². The van der Waals surface area contributed by atoms with Gasteiger partial charge in [0.1, 0.15) is 11.5 Å². The Kier molecular flexibility index (Phi) is 9.57. The van der Waals surface area contributed by atoms with Gasteiger partial charge in [-0.25, -0.2) is 0 Å². The normalized spacial score (nSPS) is 11.5. The fraction of sp³-hybridized carbons (Fsp3) is 0.0323. The molecule has 0 heterocycles. The highest BCUT2D eigenvalue weighted by molar-refractivity contribution is 6.30. The SMILES string of the molecule is COc1ccc2cc(N(c3ccccc3)c3c4ccccc4c(-c4c5ccccc5c(N(c5ccccc5)c5ccc6cc(OC)ccc6c5)c5ccccc45)c4ccccc34)ccc2c1. The van der Waals surface area contributed by atoms with Crippen molar-refractivity contribution in [2.24, 2.45) is 0 Å². The van der Waals surface area contributed by atoms with E-state index in [1.807, 2.05) is 12.1 Å². The second-order valence-corrected chi connectivity index (χ2v) is 16.8. The molecule has 0 fully saturated rings. The maximum absolute atomic E-state index is 5.60. The van der Waals surface area contributed by atoms with Crippen LogP contribution in [0.5, 0.6) is 11.5 Å². The average Bonchev–Trinajstić information content (AvgIpc) is 3.39. The summed E-state index contributed by atoms with van der Waals surface area (Å²) >= 11 is 0. The molecule has 0 amide bonds. The summed E-state index contributed by atoms with van der Waals surface area (Å²) in [5.41, 5.74) is 9.04. The molecule has 0 atom stereocenters. The molecule has 0 aromatic heterocycles. The number of methoxy groups -OCH3 is 2. The standard InChI is InChI=1S/C62H44N2O2/c1-65-49-35-31-41-37-47(33-29-43(41)39-49)63(45-17-5-3-6-18-45)61-55-25-13-9-21-51(55)59(52-22-10-14-26-56(52)61)60-53-23-11-15-27-57(53)62(58-28-16-12-24-54(58)60)64(46-19-7-4-8-20-46)48-34-30-44-40-50(66-2)36-32-42(44)38-48/h3-40H,1-2H3. The number of para-hydroxylation sites is 2. The molecule has 314 valence electrons. The molecular weight excluding hydrogens is 805 g/mol. The molecular formula is C62H44N2O2. The van der Waals surface area contributed by atoms with Crippen LogP contribution >= 0.6 is 0 Å². The Bertz CT molecular complexity index is 3440. The molecule has 0 saturated heterocycles. The fourth-order valence-corrected chi connectivity index (χ4v) is 10.2. The molecule has 4 heteroatoms. The van der Waals surface area contributed by atoms with Gasteiger partial charge in [-0.05, 0) is 127 Å². The highest BCUT2D eigenvalue weighted by Gasteiger charge is 2.27. The molecule has 0 aliphatic heterocycles. The monoisotopic (exact) mass is 848 g/mol. The number of hydrogen-bond acceptors (Lipinski definition) is 4. The Hall–Kier alpha value is -8.60. The average molecular weight is 849 g/mol. The first-order valence-corrected chi connectivity index (χ1v) is 22.4. The van der Waals surface area contributed by atoms with Gasteiger partial charge in [-0.2, -0.15) is 0 Å². The molecule has 0 bridgehead atoms. The quantitative estimate of drug-likeness (QED) is 0.135. The molecule has 12 aromatic carbocycles. The maximum Gasteiger partial charge on any atom is 0.119 e. The van der Waals surface area contributed by atoms with Crippen molar-refractivity contribution in [1.29, 1.82) is 0 Å². The molecule has 0 saturated carbocycles. The second kappa shape index (κ2) is 16.2. The van der Waals surface area contributed by atoms with E-state index < -0.39 is 0 Å². The Labute approximate surface area is 383 Å². The van der Waals surface area contributed by atoms with Crippen molar-refractivity contribution >= 4 is 98.8 Å². The van der Waals surface area contributed by atoms with Crippen molar-refractivity contribution in [3.05, 3.63) is 231 Å². The molecule has 0 aliphatic carbocycles. The summed E-state index contributed by atoms with van der Waals surface area (Å²) in [6.45, 7) is 0. The van der Waals surface area contributed by atoms with E-state index in [1.54, 1.807) is 14.2 Å². The van der Waals surface area contributed by atoms with Gasteiger partial charge in [0.15, 0.2) is 0 Å². The summed E-state index contributed by atoms with van der Waals surface area (Å²) in [7, 11) is 3.44. The van der Waals surface area contributed by atoms with Crippen LogP contribution in [-0.4, -0.2) is 14.2 Å². The zero-order valence-electron chi connectivity index (χ0n) is 36.7. The number of nitrogens with zero attached hydrogens (tertiary/aromatic N) is 2. The van der Waals surface area contributed by atoms with E-state index in [9.17, 15) is 0 Å². The highest BCUT2D eigenvalue weighted by Crippen LogP contribution is 2.53. The molecule has 66 heavy (non-hydrogen) atoms. The van der Waals surface area contributed by atoms with E-state index in [-0.39, 0.29) is 0 Å². The fourth-order valence-electron chi connectivity index (χ4n) is 10.2. The van der Waals surface area contributed by atoms with Gasteiger partial charge in [-0.1, -0.05) is 158 Å². The van der Waals surface area contributed by atoms with Crippen LogP contribution in [0.25, 0.3) is 75.8 Å². The minimum absolute atomic E-state index is 0.846. The molecule has 0 aliphatic rings. The zero-order valence-corrected chi connectivity index (χ0v) is 36.7. The lowest BCUT2D eigenvalue weighted by atomic mass is 9.84. The minimum atomic E-state index is 0.846. The first-order valence-electron chi connectivity index (χ1n) is 22.4. The van der Waals surface area contributed by atoms with Crippen molar-refractivity contribution in [2.45, 2.75) is 0 Å². The lowest BCUT2D eigenvalue weighted by molar-refractivity contribution is 0.415. The van der Waals surface area contributed by atoms with Gasteiger partial charge >= 0.3 is 0 Å². The lowest BCUT2D eigenvalue weighted by Gasteiger charge is -2.31. The van der Waals surface area contributed by atoms with E-state index in [2.05, 4.69) is 228 Å². The Balaban J connectivity index is 1.16. The maximum atomic E-state index is 5.60. The van der Waals surface area contributed by atoms with Gasteiger partial charge in [0.05, 0.1) is 25.6 Å². The number of ether oxygens (including phenoxy) is 2. The van der Waals surface area contributed by atoms with Crippen LogP contribution in [0.4, 0.5) is 34.1 Å². The van der Waals surface area contributed by atoms with Crippen LogP contribution in [0.3, 0.4) is 0 Å². The Morgan fingerprint density at radius 1 is 0.258 bits per heavy atom. The third kappa shape index (κ3) is 6.45.